The summed E-state index contributed by atoms with van der Waals surface area (Å²) in [4.78, 5) is 5.18. The second-order valence-electron chi connectivity index (χ2n) is 14.7. The molecule has 11 aromatic rings. The van der Waals surface area contributed by atoms with E-state index < -0.39 is 0 Å². The summed E-state index contributed by atoms with van der Waals surface area (Å²) in [7, 11) is 0. The van der Waals surface area contributed by atoms with Crippen LogP contribution >= 0.6 is 11.3 Å². The molecule has 1 saturated heterocycles. The minimum atomic E-state index is -0.364. The first-order chi connectivity index (χ1) is 27.7. The van der Waals surface area contributed by atoms with Crippen molar-refractivity contribution >= 4 is 85.9 Å². The van der Waals surface area contributed by atoms with Gasteiger partial charge in [0.2, 0.25) is 0 Å². The second kappa shape index (κ2) is 12.6. The Kier molecular flexibility index (Phi) is 7.16. The van der Waals surface area contributed by atoms with Gasteiger partial charge in [-0.15, -0.1) is 11.3 Å². The third-order valence-electron chi connectivity index (χ3n) is 11.5. The number of para-hydroxylation sites is 2. The van der Waals surface area contributed by atoms with Crippen molar-refractivity contribution in [1.82, 2.24) is 15.6 Å². The first kappa shape index (κ1) is 31.9. The van der Waals surface area contributed by atoms with Crippen molar-refractivity contribution in [3.63, 3.8) is 0 Å². The van der Waals surface area contributed by atoms with E-state index in [0.717, 1.165) is 66.0 Å². The van der Waals surface area contributed by atoms with Crippen molar-refractivity contribution in [3.8, 4) is 11.3 Å². The summed E-state index contributed by atoms with van der Waals surface area (Å²) in [5, 5.41) is 23.7. The molecule has 1 aliphatic heterocycles. The van der Waals surface area contributed by atoms with Crippen LogP contribution in [0.2, 0.25) is 0 Å². The summed E-state index contributed by atoms with van der Waals surface area (Å²) < 4.78 is 9.72. The van der Waals surface area contributed by atoms with Crippen molar-refractivity contribution in [3.05, 3.63) is 192 Å². The number of furan rings is 1. The average Bonchev–Trinajstić information content (AvgIpc) is 3.84. The highest BCUT2D eigenvalue weighted by Crippen LogP contribution is 2.46. The van der Waals surface area contributed by atoms with Gasteiger partial charge in [-0.25, -0.2) is 4.98 Å². The molecule has 0 radical (unpaired) electrons. The van der Waals surface area contributed by atoms with E-state index in [1.165, 1.54) is 36.5 Å². The topological polar surface area (TPSA) is 64.2 Å². The van der Waals surface area contributed by atoms with Crippen LogP contribution in [0.1, 0.15) is 35.2 Å². The highest BCUT2D eigenvalue weighted by Gasteiger charge is 2.26. The number of nitrogens with one attached hydrogen (secondary N) is 2. The van der Waals surface area contributed by atoms with E-state index in [0.29, 0.717) is 0 Å². The van der Waals surface area contributed by atoms with E-state index in [9.17, 15) is 0 Å². The van der Waals surface area contributed by atoms with Gasteiger partial charge in [-0.2, -0.15) is 0 Å². The maximum Gasteiger partial charge on any atom is 0.144 e. The smallest absolute Gasteiger partial charge is 0.144 e. The number of pyridine rings is 1. The van der Waals surface area contributed by atoms with Gasteiger partial charge < -0.3 is 20.4 Å². The Labute approximate surface area is 326 Å². The maximum atomic E-state index is 7.15. The minimum absolute atomic E-state index is 0.181. The van der Waals surface area contributed by atoms with Gasteiger partial charge >= 0.3 is 0 Å². The number of nitrogens with zero attached hydrogens (tertiary/aromatic N) is 2. The fraction of sp³-hybridized carbons (Fsp3) is 0.0600. The molecule has 8 aromatic carbocycles. The molecule has 4 heterocycles. The molecule has 1 fully saturated rings. The van der Waals surface area contributed by atoms with Gasteiger partial charge in [0.1, 0.15) is 11.2 Å². The standard InChI is InChI=1S/C50H33N4OS/c1-2-13-30(14-3-1)45-39-27-26-36-35-19-11-21-40(46(35)55-47(36)44(39)38-18-6-8-22-41(38)51-45)50-53-48(31-24-25-34-33-17-7-9-23-42(33)56-43(34)28-31)52-49(54-50)37-20-10-15-29-12-4-5-16-32(29)37/h1-28,48-50,52-53H/q-1. The van der Waals surface area contributed by atoms with Gasteiger partial charge in [0.25, 0.3) is 0 Å². The molecule has 1 aliphatic rings. The summed E-state index contributed by atoms with van der Waals surface area (Å²) in [6.45, 7) is 0. The summed E-state index contributed by atoms with van der Waals surface area (Å²) >= 11 is 1.84. The van der Waals surface area contributed by atoms with Crippen molar-refractivity contribution in [1.29, 1.82) is 0 Å². The van der Waals surface area contributed by atoms with Gasteiger partial charge in [-0.1, -0.05) is 158 Å². The lowest BCUT2D eigenvalue weighted by atomic mass is 9.97. The average molecular weight is 738 g/mol. The number of hydrogen-bond acceptors (Lipinski definition) is 5. The number of rotatable bonds is 4. The molecule has 3 unspecified atom stereocenters. The van der Waals surface area contributed by atoms with E-state index >= 15 is 0 Å². The van der Waals surface area contributed by atoms with Crippen molar-refractivity contribution in [2.75, 3.05) is 0 Å². The lowest BCUT2D eigenvalue weighted by Gasteiger charge is -2.50. The van der Waals surface area contributed by atoms with E-state index in [1.54, 1.807) is 0 Å². The second-order valence-corrected chi connectivity index (χ2v) is 15.8. The van der Waals surface area contributed by atoms with E-state index in [1.807, 2.05) is 17.4 Å². The molecule has 5 nitrogen and oxygen atoms in total. The summed E-state index contributed by atoms with van der Waals surface area (Å²) in [5.41, 5.74) is 8.01. The highest BCUT2D eigenvalue weighted by atomic mass is 32.1. The van der Waals surface area contributed by atoms with Crippen LogP contribution < -0.4 is 10.6 Å². The molecule has 3 aromatic heterocycles. The molecule has 0 bridgehead atoms. The fourth-order valence-corrected chi connectivity index (χ4v) is 10.0. The van der Waals surface area contributed by atoms with Gasteiger partial charge in [-0.05, 0) is 51.7 Å². The third kappa shape index (κ3) is 4.94. The van der Waals surface area contributed by atoms with Crippen molar-refractivity contribution in [2.45, 2.75) is 18.5 Å². The van der Waals surface area contributed by atoms with Crippen LogP contribution in [-0.4, -0.2) is 4.98 Å². The Morgan fingerprint density at radius 1 is 0.500 bits per heavy atom. The predicted molar refractivity (Wildman–Crippen MR) is 233 cm³/mol. The molecule has 0 amide bonds. The number of fused-ring (bicyclic) bond motifs is 11. The molecule has 266 valence electrons. The first-order valence-electron chi connectivity index (χ1n) is 19.1. The van der Waals surface area contributed by atoms with Gasteiger partial charge in [-0.3, -0.25) is 0 Å². The molecule has 0 aliphatic carbocycles. The lowest BCUT2D eigenvalue weighted by Crippen LogP contribution is -2.44. The summed E-state index contributed by atoms with van der Waals surface area (Å²) in [5.74, 6) is 0. The van der Waals surface area contributed by atoms with Gasteiger partial charge in [0, 0.05) is 52.7 Å². The maximum absolute atomic E-state index is 7.15. The number of aromatic nitrogens is 1. The number of benzene rings is 8. The number of hydrogen-bond donors (Lipinski definition) is 2. The Morgan fingerprint density at radius 2 is 1.14 bits per heavy atom. The first-order valence-corrected chi connectivity index (χ1v) is 19.9. The normalized spacial score (nSPS) is 17.6. The zero-order chi connectivity index (χ0) is 36.7. The Balaban J connectivity index is 1.05. The quantitative estimate of drug-likeness (QED) is 0.177. The molecular formula is C50H33N4OS-. The van der Waals surface area contributed by atoms with Crippen LogP contribution in [0.3, 0.4) is 0 Å². The summed E-state index contributed by atoms with van der Waals surface area (Å²) in [6, 6.07) is 60.3. The van der Waals surface area contributed by atoms with Crippen LogP contribution in [0.15, 0.2) is 174 Å². The minimum Gasteiger partial charge on any atom is -0.624 e. The molecule has 6 heteroatoms. The Hall–Kier alpha value is -6.41. The van der Waals surface area contributed by atoms with Gasteiger partial charge in [0.05, 0.1) is 17.4 Å². The van der Waals surface area contributed by atoms with Gasteiger partial charge in [0.15, 0.2) is 0 Å². The molecule has 12 rings (SSSR count). The van der Waals surface area contributed by atoms with Crippen LogP contribution in [0.5, 0.6) is 0 Å². The largest absolute Gasteiger partial charge is 0.624 e. The zero-order valence-electron chi connectivity index (χ0n) is 30.1. The van der Waals surface area contributed by atoms with Crippen molar-refractivity contribution < 1.29 is 4.42 Å². The SMILES string of the molecule is c1ccc(-c2nc3ccccc3c3c2ccc2c4cccc(C5[N-]C(c6cccc7ccccc67)NC(c6ccc7c(c6)sc6ccccc67)N5)c4oc23)cc1. The van der Waals surface area contributed by atoms with Crippen LogP contribution in [0.25, 0.3) is 91.1 Å². The molecule has 0 spiro atoms. The zero-order valence-corrected chi connectivity index (χ0v) is 30.9. The van der Waals surface area contributed by atoms with E-state index in [-0.39, 0.29) is 18.5 Å². The third-order valence-corrected chi connectivity index (χ3v) is 12.6. The van der Waals surface area contributed by atoms with Crippen LogP contribution in [0, 0.1) is 0 Å². The van der Waals surface area contributed by atoms with E-state index in [2.05, 4.69) is 174 Å². The molecule has 2 N–H and O–H groups in total. The van der Waals surface area contributed by atoms with Crippen LogP contribution in [0.4, 0.5) is 0 Å². The molecule has 56 heavy (non-hydrogen) atoms. The summed E-state index contributed by atoms with van der Waals surface area (Å²) in [6.07, 6.45) is -0.823. The predicted octanol–water partition coefficient (Wildman–Crippen LogP) is 13.4. The molecule has 0 saturated carbocycles. The fourth-order valence-electron chi connectivity index (χ4n) is 8.89. The van der Waals surface area contributed by atoms with Crippen LogP contribution in [-0.2, 0) is 0 Å². The Morgan fingerprint density at radius 3 is 2.05 bits per heavy atom. The Bertz CT molecular complexity index is 3330. The number of thiophene rings is 1. The highest BCUT2D eigenvalue weighted by molar-refractivity contribution is 7.25. The van der Waals surface area contributed by atoms with Crippen molar-refractivity contribution in [2.24, 2.45) is 0 Å². The monoisotopic (exact) mass is 737 g/mol. The lowest BCUT2D eigenvalue weighted by molar-refractivity contribution is 0.317. The molecule has 3 atom stereocenters. The van der Waals surface area contributed by atoms with E-state index in [4.69, 9.17) is 14.7 Å². The molecular weight excluding hydrogens is 705 g/mol.